The second-order valence-corrected chi connectivity index (χ2v) is 9.58. The largest absolute Gasteiger partial charge is 0.497 e. The molecule has 5 heteroatoms. The standard InChI is InChI=1S/C30H32N2O3/c1-19(2)16-17-32-29(21-10-6-7-11-22(21)30(32)33)27-23-12-8-9-13-25(23)31(3)28(27)24-18-20(34-4)14-15-26(24)35-5/h6-15,18-19,29H,16-17H2,1-5H3/t29-/m0/s1. The van der Waals surface area contributed by atoms with E-state index in [-0.39, 0.29) is 11.9 Å². The SMILES string of the molecule is COc1ccc(OC)c(-c2c([C@@H]3c4ccccc4C(=O)N3CCC(C)C)c3ccccc3n2C)c1. The number of carbonyl (C=O) groups is 1. The second kappa shape index (κ2) is 9.14. The molecule has 2 heterocycles. The van der Waals surface area contributed by atoms with E-state index in [0.29, 0.717) is 12.5 Å². The number of amides is 1. The molecule has 1 aromatic heterocycles. The van der Waals surface area contributed by atoms with Crippen LogP contribution < -0.4 is 9.47 Å². The lowest BCUT2D eigenvalue weighted by atomic mass is 9.92. The van der Waals surface area contributed by atoms with Crippen molar-refractivity contribution in [3.63, 3.8) is 0 Å². The number of methoxy groups -OCH3 is 2. The molecule has 0 unspecified atom stereocenters. The molecule has 0 N–H and O–H groups in total. The Hall–Kier alpha value is -3.73. The molecule has 0 saturated heterocycles. The van der Waals surface area contributed by atoms with Crippen LogP contribution in [0.2, 0.25) is 0 Å². The Morgan fingerprint density at radius 3 is 2.40 bits per heavy atom. The van der Waals surface area contributed by atoms with Gasteiger partial charge in [-0.2, -0.15) is 0 Å². The maximum Gasteiger partial charge on any atom is 0.255 e. The first-order valence-corrected chi connectivity index (χ1v) is 12.2. The number of fused-ring (bicyclic) bond motifs is 2. The molecule has 5 nitrogen and oxygen atoms in total. The average molecular weight is 469 g/mol. The van der Waals surface area contributed by atoms with E-state index in [1.165, 1.54) is 0 Å². The van der Waals surface area contributed by atoms with Crippen LogP contribution in [0.3, 0.4) is 0 Å². The van der Waals surface area contributed by atoms with Gasteiger partial charge in [0.2, 0.25) is 0 Å². The highest BCUT2D eigenvalue weighted by molar-refractivity contribution is 6.02. The van der Waals surface area contributed by atoms with Crippen LogP contribution in [0.4, 0.5) is 0 Å². The molecule has 0 aliphatic carbocycles. The van der Waals surface area contributed by atoms with E-state index in [9.17, 15) is 4.79 Å². The molecular weight excluding hydrogens is 436 g/mol. The first-order valence-electron chi connectivity index (χ1n) is 12.2. The molecule has 4 aromatic rings. The maximum atomic E-state index is 13.7. The second-order valence-electron chi connectivity index (χ2n) is 9.58. The summed E-state index contributed by atoms with van der Waals surface area (Å²) in [4.78, 5) is 15.7. The fourth-order valence-corrected chi connectivity index (χ4v) is 5.33. The van der Waals surface area contributed by atoms with Crippen LogP contribution in [-0.4, -0.2) is 36.1 Å². The molecule has 180 valence electrons. The van der Waals surface area contributed by atoms with E-state index < -0.39 is 0 Å². The van der Waals surface area contributed by atoms with Gasteiger partial charge >= 0.3 is 0 Å². The zero-order valence-corrected chi connectivity index (χ0v) is 21.0. The van der Waals surface area contributed by atoms with Crippen LogP contribution in [0.1, 0.15) is 47.8 Å². The van der Waals surface area contributed by atoms with Crippen molar-refractivity contribution in [2.45, 2.75) is 26.3 Å². The van der Waals surface area contributed by atoms with E-state index in [1.807, 2.05) is 36.4 Å². The van der Waals surface area contributed by atoms with Gasteiger partial charge in [-0.1, -0.05) is 50.2 Å². The number of rotatable bonds is 7. The molecule has 0 fully saturated rings. The number of nitrogens with zero attached hydrogens (tertiary/aromatic N) is 2. The fraction of sp³-hybridized carbons (Fsp3) is 0.300. The van der Waals surface area contributed by atoms with Crippen LogP contribution in [0, 0.1) is 5.92 Å². The monoisotopic (exact) mass is 468 g/mol. The predicted molar refractivity (Wildman–Crippen MR) is 140 cm³/mol. The Labute approximate surface area is 206 Å². The highest BCUT2D eigenvalue weighted by Gasteiger charge is 2.40. The van der Waals surface area contributed by atoms with Crippen molar-refractivity contribution < 1.29 is 14.3 Å². The van der Waals surface area contributed by atoms with Gasteiger partial charge in [0, 0.05) is 41.2 Å². The van der Waals surface area contributed by atoms with Crippen molar-refractivity contribution in [2.24, 2.45) is 13.0 Å². The number of para-hydroxylation sites is 1. The van der Waals surface area contributed by atoms with E-state index in [4.69, 9.17) is 9.47 Å². The summed E-state index contributed by atoms with van der Waals surface area (Å²) in [5.74, 6) is 2.13. The number of ether oxygens (including phenoxy) is 2. The minimum atomic E-state index is -0.186. The maximum absolute atomic E-state index is 13.7. The third kappa shape index (κ3) is 3.75. The van der Waals surface area contributed by atoms with Crippen LogP contribution in [0.25, 0.3) is 22.2 Å². The van der Waals surface area contributed by atoms with E-state index in [0.717, 1.165) is 56.8 Å². The van der Waals surface area contributed by atoms with Crippen LogP contribution in [-0.2, 0) is 7.05 Å². The summed E-state index contributed by atoms with van der Waals surface area (Å²) in [5, 5.41) is 1.14. The van der Waals surface area contributed by atoms with Gasteiger partial charge in [-0.25, -0.2) is 0 Å². The summed E-state index contributed by atoms with van der Waals surface area (Å²) in [6.45, 7) is 5.11. The van der Waals surface area contributed by atoms with Crippen molar-refractivity contribution in [1.29, 1.82) is 0 Å². The van der Waals surface area contributed by atoms with Gasteiger partial charge in [0.1, 0.15) is 11.5 Å². The number of aromatic nitrogens is 1. The predicted octanol–water partition coefficient (Wildman–Crippen LogP) is 6.45. The molecule has 3 aromatic carbocycles. The Balaban J connectivity index is 1.83. The van der Waals surface area contributed by atoms with Gasteiger partial charge in [-0.15, -0.1) is 0 Å². The van der Waals surface area contributed by atoms with Gasteiger partial charge in [-0.3, -0.25) is 4.79 Å². The molecule has 0 spiro atoms. The average Bonchev–Trinajstić information content (AvgIpc) is 3.32. The summed E-state index contributed by atoms with van der Waals surface area (Å²) >= 11 is 0. The first-order chi connectivity index (χ1) is 17.0. The van der Waals surface area contributed by atoms with E-state index in [1.54, 1.807) is 14.2 Å². The van der Waals surface area contributed by atoms with E-state index >= 15 is 0 Å². The van der Waals surface area contributed by atoms with Crippen LogP contribution >= 0.6 is 0 Å². The van der Waals surface area contributed by atoms with Gasteiger partial charge in [0.05, 0.1) is 26.0 Å². The molecule has 0 saturated carbocycles. The van der Waals surface area contributed by atoms with Gasteiger partial charge < -0.3 is 18.9 Å². The first kappa shape index (κ1) is 23.0. The summed E-state index contributed by atoms with van der Waals surface area (Å²) in [7, 11) is 5.45. The summed E-state index contributed by atoms with van der Waals surface area (Å²) in [5.41, 5.74) is 6.06. The molecule has 1 aliphatic rings. The van der Waals surface area contributed by atoms with Crippen molar-refractivity contribution in [3.8, 4) is 22.8 Å². The third-order valence-electron chi connectivity index (χ3n) is 7.09. The highest BCUT2D eigenvalue weighted by atomic mass is 16.5. The lowest BCUT2D eigenvalue weighted by molar-refractivity contribution is 0.0742. The summed E-state index contributed by atoms with van der Waals surface area (Å²) < 4.78 is 13.6. The number of carbonyl (C=O) groups excluding carboxylic acids is 1. The quantitative estimate of drug-likeness (QED) is 0.313. The lowest BCUT2D eigenvalue weighted by Gasteiger charge is -2.28. The van der Waals surface area contributed by atoms with Crippen molar-refractivity contribution >= 4 is 16.8 Å². The van der Waals surface area contributed by atoms with Crippen LogP contribution in [0.15, 0.2) is 66.7 Å². The fourth-order valence-electron chi connectivity index (χ4n) is 5.33. The number of aryl methyl sites for hydroxylation is 1. The third-order valence-corrected chi connectivity index (χ3v) is 7.09. The van der Waals surface area contributed by atoms with E-state index in [2.05, 4.69) is 60.7 Å². The number of benzene rings is 3. The molecule has 0 radical (unpaired) electrons. The minimum absolute atomic E-state index is 0.0998. The van der Waals surface area contributed by atoms with Crippen molar-refractivity contribution in [3.05, 3.63) is 83.4 Å². The minimum Gasteiger partial charge on any atom is -0.497 e. The van der Waals surface area contributed by atoms with Gasteiger partial charge in [-0.05, 0) is 48.2 Å². The van der Waals surface area contributed by atoms with Crippen LogP contribution in [0.5, 0.6) is 11.5 Å². The molecule has 1 atom stereocenters. The summed E-state index contributed by atoms with van der Waals surface area (Å²) in [6, 6.07) is 22.2. The van der Waals surface area contributed by atoms with Crippen molar-refractivity contribution in [1.82, 2.24) is 9.47 Å². The molecule has 35 heavy (non-hydrogen) atoms. The molecule has 0 bridgehead atoms. The smallest absolute Gasteiger partial charge is 0.255 e. The lowest BCUT2D eigenvalue weighted by Crippen LogP contribution is -2.30. The zero-order valence-electron chi connectivity index (χ0n) is 21.0. The molecular formula is C30H32N2O3. The number of hydrogen-bond donors (Lipinski definition) is 0. The number of hydrogen-bond acceptors (Lipinski definition) is 3. The highest BCUT2D eigenvalue weighted by Crippen LogP contribution is 2.48. The molecule has 5 rings (SSSR count). The molecule has 1 aliphatic heterocycles. The van der Waals surface area contributed by atoms with Gasteiger partial charge in [0.15, 0.2) is 0 Å². The summed E-state index contributed by atoms with van der Waals surface area (Å²) in [6.07, 6.45) is 0.943. The Morgan fingerprint density at radius 1 is 0.914 bits per heavy atom. The Bertz CT molecular complexity index is 1400. The van der Waals surface area contributed by atoms with Crippen molar-refractivity contribution in [2.75, 3.05) is 20.8 Å². The molecule has 1 amide bonds. The zero-order chi connectivity index (χ0) is 24.7. The normalized spacial score (nSPS) is 15.2. The Morgan fingerprint density at radius 2 is 1.66 bits per heavy atom. The Kier molecular flexibility index (Phi) is 6.01. The van der Waals surface area contributed by atoms with Gasteiger partial charge in [0.25, 0.3) is 5.91 Å². The topological polar surface area (TPSA) is 43.7 Å².